The van der Waals surface area contributed by atoms with Gasteiger partial charge in [-0.2, -0.15) is 0 Å². The van der Waals surface area contributed by atoms with Crippen LogP contribution in [-0.4, -0.2) is 39.5 Å². The van der Waals surface area contributed by atoms with E-state index in [0.717, 1.165) is 12.8 Å². The molecule has 0 radical (unpaired) electrons. The van der Waals surface area contributed by atoms with Gasteiger partial charge in [-0.05, 0) is 37.1 Å². The van der Waals surface area contributed by atoms with Gasteiger partial charge in [0.2, 0.25) is 11.9 Å². The third-order valence-electron chi connectivity index (χ3n) is 4.95. The average molecular weight is 396 g/mol. The fourth-order valence-corrected chi connectivity index (χ4v) is 3.35. The Kier molecular flexibility index (Phi) is 4.34. The van der Waals surface area contributed by atoms with E-state index < -0.39 is 6.10 Å². The van der Waals surface area contributed by atoms with Crippen molar-refractivity contribution in [2.75, 3.05) is 13.2 Å². The molecule has 2 aromatic heterocycles. The number of rotatable bonds is 6. The number of amides is 1. The maximum Gasteiger partial charge on any atom is 0.346 e. The van der Waals surface area contributed by atoms with E-state index >= 15 is 0 Å². The molecule has 2 aliphatic rings. The first-order chi connectivity index (χ1) is 14.2. The Bertz CT molecular complexity index is 1080. The van der Waals surface area contributed by atoms with Gasteiger partial charge in [0.15, 0.2) is 17.3 Å². The molecule has 3 heterocycles. The van der Waals surface area contributed by atoms with Crippen LogP contribution in [0.15, 0.2) is 51.9 Å². The van der Waals surface area contributed by atoms with Gasteiger partial charge in [-0.1, -0.05) is 12.1 Å². The summed E-state index contributed by atoms with van der Waals surface area (Å²) >= 11 is 0. The van der Waals surface area contributed by atoms with Gasteiger partial charge < -0.3 is 19.2 Å². The third kappa shape index (κ3) is 3.39. The van der Waals surface area contributed by atoms with Crippen LogP contribution in [0.2, 0.25) is 0 Å². The van der Waals surface area contributed by atoms with Gasteiger partial charge >= 0.3 is 5.69 Å². The first-order valence-corrected chi connectivity index (χ1v) is 9.60. The average Bonchev–Trinajstić information content (AvgIpc) is 3.32. The fourth-order valence-electron chi connectivity index (χ4n) is 3.35. The van der Waals surface area contributed by atoms with Crippen molar-refractivity contribution < 1.29 is 18.7 Å². The van der Waals surface area contributed by atoms with Crippen LogP contribution < -0.4 is 20.5 Å². The number of nitrogens with zero attached hydrogens (tertiary/aromatic N) is 3. The Morgan fingerprint density at radius 2 is 2.00 bits per heavy atom. The molecule has 9 nitrogen and oxygen atoms in total. The predicted molar refractivity (Wildman–Crippen MR) is 102 cm³/mol. The summed E-state index contributed by atoms with van der Waals surface area (Å²) in [7, 11) is 0. The van der Waals surface area contributed by atoms with Crippen LogP contribution in [0.3, 0.4) is 0 Å². The molecule has 5 rings (SSSR count). The quantitative estimate of drug-likeness (QED) is 0.679. The van der Waals surface area contributed by atoms with Crippen molar-refractivity contribution in [1.29, 1.82) is 0 Å². The number of benzene rings is 1. The second kappa shape index (κ2) is 7.16. The number of fused-ring (bicyclic) bond motifs is 1. The van der Waals surface area contributed by atoms with Gasteiger partial charge in [0.05, 0.1) is 12.8 Å². The van der Waals surface area contributed by atoms with Gasteiger partial charge in [0.25, 0.3) is 5.91 Å². The molecule has 3 aromatic rings. The van der Waals surface area contributed by atoms with Crippen molar-refractivity contribution >= 4 is 5.91 Å². The monoisotopic (exact) mass is 396 g/mol. The molecule has 1 saturated carbocycles. The first kappa shape index (κ1) is 17.6. The molecule has 29 heavy (non-hydrogen) atoms. The van der Waals surface area contributed by atoms with E-state index in [1.165, 1.54) is 4.68 Å². The molecule has 0 spiro atoms. The van der Waals surface area contributed by atoms with Crippen molar-refractivity contribution in [3.05, 3.63) is 53.1 Å². The lowest BCUT2D eigenvalue weighted by molar-refractivity contribution is -0.130. The number of aromatic nitrogens is 3. The molecule has 1 aliphatic heterocycles. The van der Waals surface area contributed by atoms with Crippen LogP contribution in [0.4, 0.5) is 0 Å². The fraction of sp³-hybridized carbons (Fsp3) is 0.350. The second-order valence-corrected chi connectivity index (χ2v) is 7.06. The SMILES string of the molecule is O=C(NCCn1nc(-c2ccco2)n(C2CC2)c1=O)[C@@H]1COc2ccccc2O1. The van der Waals surface area contributed by atoms with Gasteiger partial charge in [0, 0.05) is 12.6 Å². The van der Waals surface area contributed by atoms with Crippen molar-refractivity contribution in [3.8, 4) is 23.1 Å². The zero-order chi connectivity index (χ0) is 19.8. The van der Waals surface area contributed by atoms with Crippen LogP contribution in [0.1, 0.15) is 18.9 Å². The number of hydrogen-bond acceptors (Lipinski definition) is 6. The lowest BCUT2D eigenvalue weighted by atomic mass is 10.2. The highest BCUT2D eigenvalue weighted by Gasteiger charge is 2.31. The summed E-state index contributed by atoms with van der Waals surface area (Å²) < 4.78 is 19.7. The number of carbonyl (C=O) groups is 1. The molecule has 1 atom stereocenters. The van der Waals surface area contributed by atoms with E-state index in [-0.39, 0.29) is 37.3 Å². The Morgan fingerprint density at radius 3 is 2.76 bits per heavy atom. The summed E-state index contributed by atoms with van der Waals surface area (Å²) in [5, 5.41) is 7.21. The summed E-state index contributed by atoms with van der Waals surface area (Å²) in [5.74, 6) is 1.96. The zero-order valence-corrected chi connectivity index (χ0v) is 15.6. The van der Waals surface area contributed by atoms with E-state index in [0.29, 0.717) is 23.1 Å². The minimum absolute atomic E-state index is 0.141. The Labute approximate surface area is 165 Å². The minimum Gasteiger partial charge on any atom is -0.485 e. The molecule has 1 amide bonds. The molecule has 1 aromatic carbocycles. The number of carbonyl (C=O) groups excluding carboxylic acids is 1. The number of nitrogens with one attached hydrogen (secondary N) is 1. The Morgan fingerprint density at radius 1 is 1.17 bits per heavy atom. The molecule has 0 saturated heterocycles. The molecule has 1 aliphatic carbocycles. The minimum atomic E-state index is -0.732. The van der Waals surface area contributed by atoms with E-state index in [2.05, 4.69) is 10.4 Å². The van der Waals surface area contributed by atoms with Crippen molar-refractivity contribution in [1.82, 2.24) is 19.7 Å². The normalized spacial score (nSPS) is 17.9. The molecular weight excluding hydrogens is 376 g/mol. The van der Waals surface area contributed by atoms with E-state index in [1.54, 1.807) is 35.1 Å². The smallest absolute Gasteiger partial charge is 0.346 e. The summed E-state index contributed by atoms with van der Waals surface area (Å²) in [4.78, 5) is 25.2. The third-order valence-corrected chi connectivity index (χ3v) is 4.95. The van der Waals surface area contributed by atoms with E-state index in [4.69, 9.17) is 13.9 Å². The summed E-state index contributed by atoms with van der Waals surface area (Å²) in [5.41, 5.74) is -0.195. The number of para-hydroxylation sites is 2. The summed E-state index contributed by atoms with van der Waals surface area (Å²) in [6.07, 6.45) is 2.73. The van der Waals surface area contributed by atoms with Crippen LogP contribution >= 0.6 is 0 Å². The molecular formula is C20H20N4O5. The van der Waals surface area contributed by atoms with Crippen molar-refractivity contribution in [3.63, 3.8) is 0 Å². The van der Waals surface area contributed by atoms with Gasteiger partial charge in [0.1, 0.15) is 6.61 Å². The van der Waals surface area contributed by atoms with E-state index in [9.17, 15) is 9.59 Å². The maximum absolute atomic E-state index is 12.7. The molecule has 1 N–H and O–H groups in total. The highest BCUT2D eigenvalue weighted by atomic mass is 16.6. The standard InChI is InChI=1S/C20H20N4O5/c25-19(17-12-28-14-4-1-2-5-15(14)29-17)21-9-10-23-20(26)24(13-7-8-13)18(22-23)16-6-3-11-27-16/h1-6,11,13,17H,7-10,12H2,(H,21,25)/t17-/m0/s1. The topological polar surface area (TPSA) is 101 Å². The first-order valence-electron chi connectivity index (χ1n) is 9.60. The van der Waals surface area contributed by atoms with Crippen LogP contribution in [0.5, 0.6) is 11.5 Å². The van der Waals surface area contributed by atoms with Crippen LogP contribution in [-0.2, 0) is 11.3 Å². The number of ether oxygens (including phenoxy) is 2. The highest BCUT2D eigenvalue weighted by Crippen LogP contribution is 2.36. The predicted octanol–water partition coefficient (Wildman–Crippen LogP) is 1.60. The molecule has 0 unspecified atom stereocenters. The molecule has 0 bridgehead atoms. The second-order valence-electron chi connectivity index (χ2n) is 7.06. The highest BCUT2D eigenvalue weighted by molar-refractivity contribution is 5.81. The largest absolute Gasteiger partial charge is 0.485 e. The van der Waals surface area contributed by atoms with Crippen molar-refractivity contribution in [2.24, 2.45) is 0 Å². The summed E-state index contributed by atoms with van der Waals surface area (Å²) in [6, 6.07) is 10.9. The molecule has 1 fully saturated rings. The lowest BCUT2D eigenvalue weighted by Gasteiger charge is -2.25. The van der Waals surface area contributed by atoms with Gasteiger partial charge in [-0.25, -0.2) is 9.48 Å². The van der Waals surface area contributed by atoms with E-state index in [1.807, 2.05) is 12.1 Å². The van der Waals surface area contributed by atoms with Crippen LogP contribution in [0.25, 0.3) is 11.6 Å². The van der Waals surface area contributed by atoms with Crippen molar-refractivity contribution in [2.45, 2.75) is 31.5 Å². The number of furan rings is 1. The summed E-state index contributed by atoms with van der Waals surface area (Å²) in [6.45, 7) is 0.642. The molecule has 150 valence electrons. The zero-order valence-electron chi connectivity index (χ0n) is 15.6. The lowest BCUT2D eigenvalue weighted by Crippen LogP contribution is -2.45. The van der Waals surface area contributed by atoms with Gasteiger partial charge in [-0.15, -0.1) is 5.10 Å². The number of hydrogen-bond donors (Lipinski definition) is 1. The van der Waals surface area contributed by atoms with Crippen LogP contribution in [0, 0.1) is 0 Å². The Hall–Kier alpha value is -3.49. The maximum atomic E-state index is 12.7. The van der Waals surface area contributed by atoms with Gasteiger partial charge in [-0.3, -0.25) is 9.36 Å². The Balaban J connectivity index is 1.24. The molecule has 9 heteroatoms.